The number of rotatable bonds is 9. The van der Waals surface area contributed by atoms with Crippen LogP contribution in [-0.4, -0.2) is 49.0 Å². The summed E-state index contributed by atoms with van der Waals surface area (Å²) < 4.78 is 6.91. The predicted molar refractivity (Wildman–Crippen MR) is 172 cm³/mol. The number of carboxylic acid groups (broad SMARTS) is 1. The van der Waals surface area contributed by atoms with Crippen molar-refractivity contribution in [2.45, 2.75) is 45.3 Å². The lowest BCUT2D eigenvalue weighted by Crippen LogP contribution is -2.33. The van der Waals surface area contributed by atoms with E-state index in [4.69, 9.17) is 4.74 Å². The van der Waals surface area contributed by atoms with Gasteiger partial charge >= 0.3 is 5.97 Å². The second-order valence-electron chi connectivity index (χ2n) is 11.0. The predicted octanol–water partition coefficient (Wildman–Crippen LogP) is 4.67. The maximum atomic E-state index is 12.9. The van der Waals surface area contributed by atoms with Gasteiger partial charge in [0.15, 0.2) is 6.04 Å². The van der Waals surface area contributed by atoms with Gasteiger partial charge in [-0.3, -0.25) is 9.79 Å². The lowest BCUT2D eigenvalue weighted by atomic mass is 9.78. The molecule has 1 aromatic heterocycles. The van der Waals surface area contributed by atoms with Crippen molar-refractivity contribution in [3.8, 4) is 17.2 Å². The highest BCUT2D eigenvalue weighted by Gasteiger charge is 2.30. The first kappa shape index (κ1) is 30.1. The maximum absolute atomic E-state index is 12.9. The molecule has 3 aromatic carbocycles. The highest BCUT2D eigenvalue weighted by molar-refractivity contribution is 8.15. The largest absolute Gasteiger partial charge is 0.507 e. The van der Waals surface area contributed by atoms with Gasteiger partial charge in [0.05, 0.1) is 10.2 Å². The highest BCUT2D eigenvalue weighted by atomic mass is 32.2. The molecule has 1 unspecified atom stereocenters. The number of benzene rings is 3. The van der Waals surface area contributed by atoms with Gasteiger partial charge in [0.25, 0.3) is 0 Å². The van der Waals surface area contributed by atoms with Crippen LogP contribution in [0.4, 0.5) is 5.69 Å². The van der Waals surface area contributed by atoms with Crippen LogP contribution in [-0.2, 0) is 21.6 Å². The van der Waals surface area contributed by atoms with Crippen LogP contribution in [0.15, 0.2) is 47.5 Å². The van der Waals surface area contributed by atoms with Crippen LogP contribution < -0.4 is 20.5 Å². The number of anilines is 1. The molecule has 0 bridgehead atoms. The van der Waals surface area contributed by atoms with Crippen molar-refractivity contribution in [2.75, 3.05) is 11.1 Å². The molecule has 0 spiro atoms. The van der Waals surface area contributed by atoms with Crippen LogP contribution >= 0.6 is 23.1 Å². The molecule has 2 heterocycles. The number of carbonyl (C=O) groups is 2. The number of fused-ring (bicyclic) bond motifs is 1. The summed E-state index contributed by atoms with van der Waals surface area (Å²) in [5, 5.41) is 35.2. The molecule has 1 aliphatic rings. The molecule has 0 fully saturated rings. The summed E-state index contributed by atoms with van der Waals surface area (Å²) >= 11 is 2.85. The molecule has 4 N–H and O–H groups in total. The Balaban J connectivity index is 1.20. The summed E-state index contributed by atoms with van der Waals surface area (Å²) in [6.07, 6.45) is 0.0455. The Morgan fingerprint density at radius 1 is 1.09 bits per heavy atom. The van der Waals surface area contributed by atoms with E-state index >= 15 is 0 Å². The number of aliphatic imine (C=N–C) groups is 1. The van der Waals surface area contributed by atoms with E-state index in [1.807, 2.05) is 44.2 Å². The zero-order valence-corrected chi connectivity index (χ0v) is 25.6. The van der Waals surface area contributed by atoms with Gasteiger partial charge in [0.1, 0.15) is 33.9 Å². The minimum atomic E-state index is -0.930. The number of amides is 1. The number of phenols is 2. The van der Waals surface area contributed by atoms with Crippen molar-refractivity contribution in [3.63, 3.8) is 0 Å². The standard InChI is InChI=1S/C32H31N3O6S2/c1-16-17(2)28(38)26(18(3)27(16)37)32(4,5)13-25(36)33-20-8-6-19(7-9-20)14-41-21-10-11-22-24(12-21)43-30(34-22)29-35-23(15-42-29)31(39)40/h6-12,23,37-38H,2-3,13-15H2,1,4-5H3,(H,33,36)(H,39,40). The first-order valence-corrected chi connectivity index (χ1v) is 15.2. The van der Waals surface area contributed by atoms with E-state index in [1.54, 1.807) is 19.1 Å². The van der Waals surface area contributed by atoms with Gasteiger partial charge < -0.3 is 25.4 Å². The number of aromatic hydroxyl groups is 2. The second kappa shape index (κ2) is 11.7. The van der Waals surface area contributed by atoms with E-state index in [0.29, 0.717) is 50.2 Å². The minimum Gasteiger partial charge on any atom is -0.507 e. The molecule has 11 heteroatoms. The van der Waals surface area contributed by atoms with E-state index in [2.05, 4.69) is 28.5 Å². The molecular formula is C32H31N3O6S2. The normalized spacial score (nSPS) is 15.0. The number of aromatic nitrogens is 1. The maximum Gasteiger partial charge on any atom is 0.329 e. The third-order valence-corrected chi connectivity index (χ3v) is 9.53. The van der Waals surface area contributed by atoms with Gasteiger partial charge in [-0.05, 0) is 42.8 Å². The molecule has 1 amide bonds. The first-order chi connectivity index (χ1) is 20.3. The van der Waals surface area contributed by atoms with Gasteiger partial charge in [0, 0.05) is 44.8 Å². The molecule has 43 heavy (non-hydrogen) atoms. The Morgan fingerprint density at radius 3 is 2.49 bits per heavy atom. The van der Waals surface area contributed by atoms with E-state index < -0.39 is 17.4 Å². The number of ether oxygens (including phenoxy) is 1. The molecule has 5 rings (SSSR count). The third kappa shape index (κ3) is 6.23. The summed E-state index contributed by atoms with van der Waals surface area (Å²) in [5.41, 5.74) is 2.36. The van der Waals surface area contributed by atoms with Gasteiger partial charge in [-0.25, -0.2) is 9.78 Å². The number of phenolic OH excluding ortho intramolecular Hbond substituents is 2. The third-order valence-electron chi connectivity index (χ3n) is 7.32. The fraction of sp³-hybridized carbons (Fsp3) is 0.250. The summed E-state index contributed by atoms with van der Waals surface area (Å²) in [5.74, 6) is -0.194. The van der Waals surface area contributed by atoms with Crippen LogP contribution in [0.2, 0.25) is 0 Å². The molecule has 4 aromatic rings. The molecular weight excluding hydrogens is 587 g/mol. The van der Waals surface area contributed by atoms with Crippen LogP contribution in [0.5, 0.6) is 17.2 Å². The van der Waals surface area contributed by atoms with Gasteiger partial charge in [-0.1, -0.05) is 39.1 Å². The molecule has 9 nitrogen and oxygen atoms in total. The summed E-state index contributed by atoms with van der Waals surface area (Å²) in [4.78, 5) is 33.0. The van der Waals surface area contributed by atoms with Crippen molar-refractivity contribution in [1.82, 2.24) is 4.98 Å². The van der Waals surface area contributed by atoms with Crippen LogP contribution in [0.3, 0.4) is 0 Å². The molecule has 1 atom stereocenters. The Labute approximate surface area is 256 Å². The second-order valence-corrected chi connectivity index (χ2v) is 13.0. The van der Waals surface area contributed by atoms with Crippen LogP contribution in [0.25, 0.3) is 23.4 Å². The minimum absolute atomic E-state index is 0.0328. The fourth-order valence-electron chi connectivity index (χ4n) is 4.94. The van der Waals surface area contributed by atoms with Gasteiger partial charge in [-0.2, -0.15) is 0 Å². The van der Waals surface area contributed by atoms with E-state index in [9.17, 15) is 24.9 Å². The molecule has 0 saturated heterocycles. The Hall–Kier alpha value is -4.35. The SMILES string of the molecule is C=c1c(C)c(O)c(=C)c(C(C)(C)CC(=O)Nc2ccc(COc3ccc4nc(C5=NC(C(=O)O)CS5)sc4c3)cc2)c1O. The fourth-order valence-corrected chi connectivity index (χ4v) is 7.03. The van der Waals surface area contributed by atoms with Crippen molar-refractivity contribution in [3.05, 3.63) is 74.6 Å². The average Bonchev–Trinajstić information content (AvgIpc) is 3.62. The lowest BCUT2D eigenvalue weighted by Gasteiger charge is -2.27. The van der Waals surface area contributed by atoms with Crippen molar-refractivity contribution >= 4 is 69.1 Å². The van der Waals surface area contributed by atoms with Crippen molar-refractivity contribution in [2.24, 2.45) is 4.99 Å². The molecule has 0 saturated carbocycles. The number of nitrogens with zero attached hydrogens (tertiary/aromatic N) is 2. The Bertz CT molecular complexity index is 1880. The zero-order chi connectivity index (χ0) is 31.1. The number of carbonyl (C=O) groups excluding carboxylic acids is 1. The number of hydrogen-bond acceptors (Lipinski definition) is 9. The average molecular weight is 618 g/mol. The van der Waals surface area contributed by atoms with E-state index in [0.717, 1.165) is 15.8 Å². The summed E-state index contributed by atoms with van der Waals surface area (Å²) in [6.45, 7) is 13.4. The zero-order valence-electron chi connectivity index (χ0n) is 23.9. The quantitative estimate of drug-likeness (QED) is 0.199. The topological polar surface area (TPSA) is 141 Å². The number of thioether (sulfide) groups is 1. The number of hydrogen-bond donors (Lipinski definition) is 4. The number of nitrogens with one attached hydrogen (secondary N) is 1. The highest BCUT2D eigenvalue weighted by Crippen LogP contribution is 2.33. The molecule has 222 valence electrons. The number of aliphatic carboxylic acids is 1. The number of carboxylic acids is 1. The smallest absolute Gasteiger partial charge is 0.329 e. The van der Waals surface area contributed by atoms with Crippen LogP contribution in [0.1, 0.15) is 42.0 Å². The number of thiazole rings is 1. The molecule has 0 radical (unpaired) electrons. The van der Waals surface area contributed by atoms with E-state index in [1.165, 1.54) is 23.1 Å². The van der Waals surface area contributed by atoms with Gasteiger partial charge in [0.2, 0.25) is 5.91 Å². The van der Waals surface area contributed by atoms with Crippen LogP contribution in [0, 0.1) is 6.92 Å². The molecule has 0 aliphatic carbocycles. The summed E-state index contributed by atoms with van der Waals surface area (Å²) in [7, 11) is 0. The lowest BCUT2D eigenvalue weighted by molar-refractivity contribution is -0.137. The van der Waals surface area contributed by atoms with Crippen molar-refractivity contribution < 1.29 is 29.6 Å². The van der Waals surface area contributed by atoms with Crippen molar-refractivity contribution in [1.29, 1.82) is 0 Å². The van der Waals surface area contributed by atoms with E-state index in [-0.39, 0.29) is 29.0 Å². The Kier molecular flexibility index (Phi) is 8.22. The Morgan fingerprint density at radius 2 is 1.81 bits per heavy atom. The summed E-state index contributed by atoms with van der Waals surface area (Å²) in [6, 6.07) is 12.2. The van der Waals surface area contributed by atoms with Gasteiger partial charge in [-0.15, -0.1) is 23.1 Å². The molecule has 1 aliphatic heterocycles. The monoisotopic (exact) mass is 617 g/mol. The first-order valence-electron chi connectivity index (χ1n) is 13.4.